The predicted molar refractivity (Wildman–Crippen MR) is 100 cm³/mol. The van der Waals surface area contributed by atoms with E-state index >= 15 is 0 Å². The van der Waals surface area contributed by atoms with E-state index in [1.807, 2.05) is 18.2 Å². The van der Waals surface area contributed by atoms with Gasteiger partial charge in [0.15, 0.2) is 5.96 Å². The van der Waals surface area contributed by atoms with Crippen LogP contribution in [-0.2, 0) is 6.42 Å². The Bertz CT molecular complexity index is 519. The second kappa shape index (κ2) is 9.06. The molecule has 1 aliphatic heterocycles. The van der Waals surface area contributed by atoms with Crippen LogP contribution in [0.2, 0.25) is 0 Å². The highest BCUT2D eigenvalue weighted by Gasteiger charge is 2.24. The lowest BCUT2D eigenvalue weighted by Crippen LogP contribution is -2.49. The van der Waals surface area contributed by atoms with Crippen LogP contribution in [0.15, 0.2) is 29.3 Å². The van der Waals surface area contributed by atoms with Gasteiger partial charge in [0.1, 0.15) is 5.75 Å². The minimum atomic E-state index is 0.325. The Morgan fingerprint density at radius 1 is 1.48 bits per heavy atom. The molecule has 23 heavy (non-hydrogen) atoms. The number of rotatable bonds is 5. The molecule has 0 aliphatic carbocycles. The first-order valence-electron chi connectivity index (χ1n) is 8.53. The van der Waals surface area contributed by atoms with E-state index in [0.29, 0.717) is 16.9 Å². The van der Waals surface area contributed by atoms with Gasteiger partial charge in [-0.1, -0.05) is 26.0 Å². The summed E-state index contributed by atoms with van der Waals surface area (Å²) < 4.78 is 0. The van der Waals surface area contributed by atoms with Gasteiger partial charge >= 0.3 is 0 Å². The second-order valence-corrected chi connectivity index (χ2v) is 7.60. The Morgan fingerprint density at radius 3 is 3.00 bits per heavy atom. The molecule has 1 fully saturated rings. The zero-order valence-corrected chi connectivity index (χ0v) is 15.3. The number of hydrogen-bond acceptors (Lipinski definition) is 3. The van der Waals surface area contributed by atoms with Gasteiger partial charge in [0.25, 0.3) is 0 Å². The molecule has 5 heteroatoms. The van der Waals surface area contributed by atoms with Crippen molar-refractivity contribution in [1.82, 2.24) is 10.2 Å². The first kappa shape index (κ1) is 18.0. The van der Waals surface area contributed by atoms with E-state index in [0.717, 1.165) is 44.1 Å². The SMILES string of the molecule is CCNC(=NCCc1cccc(O)c1)N1CCSC(C(C)C)C1. The molecule has 1 aliphatic rings. The van der Waals surface area contributed by atoms with E-state index in [9.17, 15) is 5.11 Å². The molecule has 1 unspecified atom stereocenters. The number of aliphatic imine (C=N–C) groups is 1. The summed E-state index contributed by atoms with van der Waals surface area (Å²) in [7, 11) is 0. The third-order valence-electron chi connectivity index (χ3n) is 4.04. The molecular formula is C18H29N3OS. The van der Waals surface area contributed by atoms with Gasteiger partial charge in [0.2, 0.25) is 0 Å². The van der Waals surface area contributed by atoms with Crippen LogP contribution in [0.1, 0.15) is 26.3 Å². The molecule has 2 rings (SSSR count). The summed E-state index contributed by atoms with van der Waals surface area (Å²) in [4.78, 5) is 7.19. The molecule has 1 aromatic carbocycles. The lowest BCUT2D eigenvalue weighted by Gasteiger charge is -2.36. The number of hydrogen-bond donors (Lipinski definition) is 2. The molecule has 0 radical (unpaired) electrons. The number of nitrogens with zero attached hydrogens (tertiary/aromatic N) is 2. The number of guanidine groups is 1. The monoisotopic (exact) mass is 335 g/mol. The fourth-order valence-corrected chi connectivity index (χ4v) is 4.00. The second-order valence-electron chi connectivity index (χ2n) is 6.25. The first-order chi connectivity index (χ1) is 11.1. The van der Waals surface area contributed by atoms with Crippen molar-refractivity contribution in [2.45, 2.75) is 32.4 Å². The highest BCUT2D eigenvalue weighted by molar-refractivity contribution is 8.00. The van der Waals surface area contributed by atoms with Crippen LogP contribution in [0, 0.1) is 5.92 Å². The number of aromatic hydroxyl groups is 1. The third-order valence-corrected chi connectivity index (χ3v) is 5.58. The lowest BCUT2D eigenvalue weighted by atomic mass is 10.1. The minimum absolute atomic E-state index is 0.325. The number of benzene rings is 1. The van der Waals surface area contributed by atoms with Crippen molar-refractivity contribution >= 4 is 17.7 Å². The Hall–Kier alpha value is -1.36. The molecule has 1 aromatic rings. The Morgan fingerprint density at radius 2 is 2.30 bits per heavy atom. The standard InChI is InChI=1S/C18H29N3OS/c1-4-19-18(21-10-11-23-17(13-21)14(2)3)20-9-8-15-6-5-7-16(22)12-15/h5-7,12,14,17,22H,4,8-11,13H2,1-3H3,(H,19,20). The van der Waals surface area contributed by atoms with E-state index in [2.05, 4.69) is 42.7 Å². The van der Waals surface area contributed by atoms with Crippen molar-refractivity contribution in [3.63, 3.8) is 0 Å². The fourth-order valence-electron chi connectivity index (χ4n) is 2.70. The van der Waals surface area contributed by atoms with Crippen molar-refractivity contribution in [2.24, 2.45) is 10.9 Å². The molecule has 1 heterocycles. The van der Waals surface area contributed by atoms with Crippen LogP contribution in [-0.4, -0.2) is 53.1 Å². The molecule has 2 N–H and O–H groups in total. The Labute approximate surface area is 144 Å². The van der Waals surface area contributed by atoms with Crippen LogP contribution in [0.4, 0.5) is 0 Å². The number of phenols is 1. The highest BCUT2D eigenvalue weighted by Crippen LogP contribution is 2.24. The Balaban J connectivity index is 1.96. The zero-order valence-electron chi connectivity index (χ0n) is 14.5. The largest absolute Gasteiger partial charge is 0.508 e. The van der Waals surface area contributed by atoms with Crippen molar-refractivity contribution in [2.75, 3.05) is 31.9 Å². The molecule has 0 amide bonds. The van der Waals surface area contributed by atoms with Gasteiger partial charge < -0.3 is 15.3 Å². The van der Waals surface area contributed by atoms with Gasteiger partial charge in [-0.15, -0.1) is 0 Å². The maximum absolute atomic E-state index is 9.53. The van der Waals surface area contributed by atoms with Crippen molar-refractivity contribution < 1.29 is 5.11 Å². The number of thioether (sulfide) groups is 1. The average molecular weight is 336 g/mol. The average Bonchev–Trinajstić information content (AvgIpc) is 2.54. The van der Waals surface area contributed by atoms with Crippen molar-refractivity contribution in [3.8, 4) is 5.75 Å². The van der Waals surface area contributed by atoms with Crippen LogP contribution >= 0.6 is 11.8 Å². The zero-order chi connectivity index (χ0) is 16.7. The van der Waals surface area contributed by atoms with Crippen LogP contribution in [0.5, 0.6) is 5.75 Å². The minimum Gasteiger partial charge on any atom is -0.508 e. The molecule has 1 saturated heterocycles. The normalized spacial score (nSPS) is 19.2. The lowest BCUT2D eigenvalue weighted by molar-refractivity contribution is 0.381. The molecule has 0 spiro atoms. The van der Waals surface area contributed by atoms with Crippen molar-refractivity contribution in [1.29, 1.82) is 0 Å². The van der Waals surface area contributed by atoms with Gasteiger partial charge in [0, 0.05) is 37.2 Å². The van der Waals surface area contributed by atoms with Gasteiger partial charge in [0.05, 0.1) is 0 Å². The van der Waals surface area contributed by atoms with Gasteiger partial charge in [-0.05, 0) is 37.0 Å². The topological polar surface area (TPSA) is 47.9 Å². The Kier molecular flexibility index (Phi) is 7.09. The van der Waals surface area contributed by atoms with Gasteiger partial charge in [-0.2, -0.15) is 11.8 Å². The van der Waals surface area contributed by atoms with Crippen LogP contribution in [0.3, 0.4) is 0 Å². The molecular weight excluding hydrogens is 306 g/mol. The van der Waals surface area contributed by atoms with Gasteiger partial charge in [-0.3, -0.25) is 4.99 Å². The summed E-state index contributed by atoms with van der Waals surface area (Å²) in [5, 5.41) is 13.6. The number of nitrogens with one attached hydrogen (secondary N) is 1. The van der Waals surface area contributed by atoms with E-state index in [4.69, 9.17) is 4.99 Å². The highest BCUT2D eigenvalue weighted by atomic mass is 32.2. The third kappa shape index (κ3) is 5.65. The van der Waals surface area contributed by atoms with E-state index in [1.54, 1.807) is 6.07 Å². The number of phenolic OH excluding ortho intramolecular Hbond substituents is 1. The fraction of sp³-hybridized carbons (Fsp3) is 0.611. The summed E-state index contributed by atoms with van der Waals surface area (Å²) in [6, 6.07) is 7.44. The molecule has 0 saturated carbocycles. The predicted octanol–water partition coefficient (Wildman–Crippen LogP) is 2.97. The van der Waals surface area contributed by atoms with Crippen LogP contribution < -0.4 is 5.32 Å². The van der Waals surface area contributed by atoms with E-state index < -0.39 is 0 Å². The van der Waals surface area contributed by atoms with E-state index in [-0.39, 0.29) is 0 Å². The van der Waals surface area contributed by atoms with Gasteiger partial charge in [-0.25, -0.2) is 0 Å². The molecule has 0 bridgehead atoms. The summed E-state index contributed by atoms with van der Waals surface area (Å²) in [5.41, 5.74) is 1.12. The first-order valence-corrected chi connectivity index (χ1v) is 9.57. The molecule has 4 nitrogen and oxygen atoms in total. The summed E-state index contributed by atoms with van der Waals surface area (Å²) in [6.45, 7) is 10.5. The van der Waals surface area contributed by atoms with Crippen molar-refractivity contribution in [3.05, 3.63) is 29.8 Å². The quantitative estimate of drug-likeness (QED) is 0.641. The van der Waals surface area contributed by atoms with E-state index in [1.165, 1.54) is 5.75 Å². The molecule has 0 aromatic heterocycles. The molecule has 1 atom stereocenters. The summed E-state index contributed by atoms with van der Waals surface area (Å²) in [6.07, 6.45) is 0.847. The summed E-state index contributed by atoms with van der Waals surface area (Å²) in [5.74, 6) is 3.21. The molecule has 128 valence electrons. The maximum atomic E-state index is 9.53. The smallest absolute Gasteiger partial charge is 0.193 e. The van der Waals surface area contributed by atoms with Crippen LogP contribution in [0.25, 0.3) is 0 Å². The summed E-state index contributed by atoms with van der Waals surface area (Å²) >= 11 is 2.08. The maximum Gasteiger partial charge on any atom is 0.193 e.